The molecule has 10 rings (SSSR count). The van der Waals surface area contributed by atoms with Crippen molar-refractivity contribution in [1.29, 1.82) is 0 Å². The molecule has 4 aromatic heterocycles. The molecule has 2 aliphatic rings. The van der Waals surface area contributed by atoms with Crippen molar-refractivity contribution in [2.24, 2.45) is 0 Å². The number of ether oxygens (including phenoxy) is 14. The molecule has 0 bridgehead atoms. The number of Topliss-reactive ketones (excluding diaryl/α,β-unsaturated/α-hetero) is 2. The van der Waals surface area contributed by atoms with Crippen molar-refractivity contribution in [1.82, 2.24) is 88.2 Å². The SMILES string of the molecule is C=C(O)c1cccc(CNC)n1.CC(=O)NC1(C(=O)O)CCN(C)CC1.CCCc1ccc(C(C)=O)nc1.CNCCOC.CNCCOCCOC.CNCCOCCOCCOC.CNCc1cc[nH]c(=O)c1.CNCc1ccc(C)c(O)c1.CNCc1ccc(OCCOC)c(OCCOC)c1.CNCc1ccc2c(c1)OCO2.CNCc1ccccc1O.CNCc1ccnc(C(C)=O)c1.COCCN(C)CCOC. The van der Waals surface area contributed by atoms with Crippen molar-refractivity contribution in [2.75, 3.05) is 286 Å². The van der Waals surface area contributed by atoms with Crippen molar-refractivity contribution in [2.45, 2.75) is 112 Å². The van der Waals surface area contributed by atoms with Crippen LogP contribution in [0.4, 0.5) is 0 Å². The van der Waals surface area contributed by atoms with Crippen molar-refractivity contribution < 1.29 is 106 Å². The summed E-state index contributed by atoms with van der Waals surface area (Å²) in [6.45, 7) is 33.6. The Morgan fingerprint density at radius 2 is 0.933 bits per heavy atom. The van der Waals surface area contributed by atoms with Gasteiger partial charge in [-0.1, -0.05) is 74.5 Å². The number of aromatic amines is 1. The topological polar surface area (TPSA) is 489 Å². The summed E-state index contributed by atoms with van der Waals surface area (Å²) in [7, 11) is 34.6. The van der Waals surface area contributed by atoms with Gasteiger partial charge in [-0.2, -0.15) is 0 Å². The van der Waals surface area contributed by atoms with Crippen LogP contribution < -0.4 is 83.0 Å². The summed E-state index contributed by atoms with van der Waals surface area (Å²) in [5.74, 6) is 2.72. The minimum Gasteiger partial charge on any atom is -0.508 e. The maximum atomic E-state index is 11.1. The number of H-pyrrole nitrogens is 1. The summed E-state index contributed by atoms with van der Waals surface area (Å²) in [4.78, 5) is 73.4. The Bertz CT molecular complexity index is 4590. The summed E-state index contributed by atoms with van der Waals surface area (Å²) in [6, 6.07) is 41.3. The number of carboxylic acid groups (broad SMARTS) is 1. The Kier molecular flexibility index (Phi) is 93.3. The zero-order valence-electron chi connectivity index (χ0n) is 93.5. The van der Waals surface area contributed by atoms with Crippen molar-refractivity contribution in [3.63, 3.8) is 0 Å². The highest BCUT2D eigenvalue weighted by atomic mass is 16.7. The quantitative estimate of drug-likeness (QED) is 0.00958. The number of hydrogen-bond donors (Lipinski definition) is 16. The lowest BCUT2D eigenvalue weighted by molar-refractivity contribution is -0.149. The summed E-state index contributed by atoms with van der Waals surface area (Å²) >= 11 is 0. The van der Waals surface area contributed by atoms with Gasteiger partial charge in [-0.3, -0.25) is 29.1 Å². The molecule has 1 amide bonds. The number of carbonyl (C=O) groups is 4. The van der Waals surface area contributed by atoms with Gasteiger partial charge in [0.25, 0.3) is 0 Å². The summed E-state index contributed by atoms with van der Waals surface area (Å²) in [6.07, 6.45) is 8.17. The smallest absolute Gasteiger partial charge is 0.329 e. The number of aryl methyl sites for hydroxylation is 2. The first-order chi connectivity index (χ1) is 71.8. The molecule has 40 heteroatoms. The highest BCUT2D eigenvalue weighted by molar-refractivity contribution is 5.92. The second-order valence-electron chi connectivity index (χ2n) is 32.9. The van der Waals surface area contributed by atoms with Crippen LogP contribution in [0, 0.1) is 6.92 Å². The van der Waals surface area contributed by atoms with Crippen LogP contribution >= 0.6 is 0 Å². The lowest BCUT2D eigenvalue weighted by Crippen LogP contribution is -2.59. The van der Waals surface area contributed by atoms with Gasteiger partial charge in [-0.05, 0) is 222 Å². The molecule has 0 saturated carbocycles. The Morgan fingerprint density at radius 1 is 0.463 bits per heavy atom. The minimum absolute atomic E-state index is 0.00736. The number of rotatable bonds is 53. The van der Waals surface area contributed by atoms with E-state index in [2.05, 4.69) is 109 Å². The molecule has 842 valence electrons. The van der Waals surface area contributed by atoms with Crippen LogP contribution in [0.25, 0.3) is 5.76 Å². The van der Waals surface area contributed by atoms with Gasteiger partial charge >= 0.3 is 5.97 Å². The van der Waals surface area contributed by atoms with Gasteiger partial charge in [-0.25, -0.2) is 9.78 Å². The van der Waals surface area contributed by atoms with E-state index in [4.69, 9.17) is 76.5 Å². The average Bonchev–Trinajstić information content (AvgIpc) is 1.62. The molecule has 16 N–H and O–H groups in total. The maximum absolute atomic E-state index is 11.1. The Morgan fingerprint density at radius 3 is 1.40 bits per heavy atom. The van der Waals surface area contributed by atoms with Crippen molar-refractivity contribution in [3.8, 4) is 34.5 Å². The van der Waals surface area contributed by atoms with E-state index in [-0.39, 0.29) is 28.8 Å². The van der Waals surface area contributed by atoms with E-state index in [0.29, 0.717) is 140 Å². The van der Waals surface area contributed by atoms with E-state index in [0.717, 1.165) is 173 Å². The normalized spacial score (nSPS) is 11.4. The molecule has 149 heavy (non-hydrogen) atoms. The van der Waals surface area contributed by atoms with Crippen LogP contribution in [0.3, 0.4) is 0 Å². The van der Waals surface area contributed by atoms with Gasteiger partial charge in [0.2, 0.25) is 18.3 Å². The predicted molar refractivity (Wildman–Crippen MR) is 592 cm³/mol. The molecule has 1 fully saturated rings. The number of likely N-dealkylation sites (tertiary alicyclic amines) is 1. The van der Waals surface area contributed by atoms with Crippen LogP contribution in [-0.2, 0) is 109 Å². The number of ketones is 2. The number of carboxylic acids is 1. The average molecular weight is 2100 g/mol. The number of pyridine rings is 4. The molecule has 0 radical (unpaired) electrons. The molecular formula is C109H183N17O23. The molecule has 6 heterocycles. The Labute approximate surface area is 887 Å². The first-order valence-electron chi connectivity index (χ1n) is 49.6. The largest absolute Gasteiger partial charge is 0.508 e. The lowest BCUT2D eigenvalue weighted by Gasteiger charge is -2.37. The fourth-order valence-corrected chi connectivity index (χ4v) is 12.0. The van der Waals surface area contributed by atoms with Gasteiger partial charge in [0.15, 0.2) is 34.6 Å². The van der Waals surface area contributed by atoms with Gasteiger partial charge < -0.3 is 160 Å². The number of phenols is 2. The van der Waals surface area contributed by atoms with Gasteiger partial charge in [-0.15, -0.1) is 0 Å². The van der Waals surface area contributed by atoms with Crippen LogP contribution in [0.5, 0.6) is 34.5 Å². The summed E-state index contributed by atoms with van der Waals surface area (Å²) in [5, 5.41) is 69.2. The number of aromatic nitrogens is 4. The maximum Gasteiger partial charge on any atom is 0.329 e. The van der Waals surface area contributed by atoms with E-state index in [1.165, 1.54) is 31.9 Å². The number of nitrogens with one attached hydrogen (secondary N) is 12. The number of aliphatic hydroxyl groups is 1. The molecule has 2 aliphatic heterocycles. The highest BCUT2D eigenvalue weighted by Crippen LogP contribution is 2.33. The first kappa shape index (κ1) is 142. The van der Waals surface area contributed by atoms with E-state index in [1.807, 2.05) is 182 Å². The number of likely N-dealkylation sites (N-methyl/N-ethyl adjacent to an activating group) is 4. The third-order valence-electron chi connectivity index (χ3n) is 20.1. The first-order valence-corrected chi connectivity index (χ1v) is 49.6. The Hall–Kier alpha value is -11.0. The number of benzene rings is 4. The van der Waals surface area contributed by atoms with E-state index >= 15 is 0 Å². The Balaban J connectivity index is -0.00000156. The molecule has 0 spiro atoms. The van der Waals surface area contributed by atoms with Gasteiger partial charge in [0.05, 0.1) is 91.6 Å². The van der Waals surface area contributed by atoms with Crippen LogP contribution in [0.15, 0.2) is 163 Å². The molecule has 0 atom stereocenters. The number of piperidine rings is 1. The number of fused-ring (bicyclic) bond motifs is 1. The van der Waals surface area contributed by atoms with Gasteiger partial charge in [0.1, 0.15) is 53.1 Å². The molecule has 40 nitrogen and oxygen atoms in total. The summed E-state index contributed by atoms with van der Waals surface area (Å²) in [5.41, 5.74) is 10.0. The number of carbonyl (C=O) groups excluding carboxylic acids is 3. The summed E-state index contributed by atoms with van der Waals surface area (Å²) < 4.78 is 71.3. The van der Waals surface area contributed by atoms with Crippen molar-refractivity contribution in [3.05, 3.63) is 236 Å². The second-order valence-corrected chi connectivity index (χ2v) is 32.9. The minimum atomic E-state index is -1.04. The number of aromatic hydroxyl groups is 2. The standard InChI is InChI=1S/C14H23NO4.C10H13NO.C9H16N2O3.2C9H12N2O.C9H11NO2.C9H13NO.C8H19NO3.C8H11NO.C7H10N2O.C7H17NO2.C6H15NO2.C4H11NO/c1-15-11-12-4-5-13(18-8-6-16-2)14(10-12)19-9-7-17-3;1-3-4-9-5-6-10(8(2)12)11-7-9;1-7(12)10-9(8(13)14)3-5-11(2)6-4-9;1-7(12)9-5-8(6-10-2)3-4-11-9;1-7(12)9-5-3-4-8(11-9)6-10-2;1-10-5-7-2-3-8-9(4-7)12-6-11-8;1-7-3-4-8(6-10-2)5-9(7)11;1-9-3-4-11-7-8-12-6-5-10-2;1-9-6-7-4-2-3-5-8(7)10;1-8-5-6-2-3-9-7(10)4-6;1-8(4-6-9-2)5-7-10-3;1-7-3-4-9-6-5-8-2;1-5-3-4-6-2/h4-5,10,15H,6-9,11H2,1-3H3;5-7H,3-4H2,1-2H3;3-6H2,1-2H3,(H,10,12)(H,13,14);3-5,10H,6H2,1-2H3;3-5,10,12H,1,6H2,2H3;2-4,10H,5-6H2,1H3;3-5,10-11H,6H2,1-2H3;9H,3-8H2,1-2H3;2-5,9-10H,6H2,1H3;2-4,8H,5H2,1H3,(H,9,10);4-7H2,1-3H3;7H,3-6H2,1-2H3;5H,3-4H2,1-2H3. The number of amides is 1. The number of phenolic OH excluding ortho intramolecular Hbond substituents is 2. The fourth-order valence-electron chi connectivity index (χ4n) is 12.0. The van der Waals surface area contributed by atoms with Crippen molar-refractivity contribution >= 4 is 29.2 Å². The number of aliphatic carboxylic acids is 1. The molecule has 1 saturated heterocycles. The van der Waals surface area contributed by atoms with E-state index < -0.39 is 11.5 Å². The van der Waals surface area contributed by atoms with E-state index in [9.17, 15) is 34.2 Å². The number of aliphatic hydroxyl groups excluding tert-OH is 1. The molecular weight excluding hydrogens is 1920 g/mol. The van der Waals surface area contributed by atoms with Gasteiger partial charge in [0, 0.05) is 192 Å². The highest BCUT2D eigenvalue weighted by Gasteiger charge is 2.41. The molecule has 8 aromatic rings. The third kappa shape index (κ3) is 77.1. The zero-order valence-corrected chi connectivity index (χ0v) is 93.5. The van der Waals surface area contributed by atoms with E-state index in [1.54, 1.807) is 105 Å². The monoisotopic (exact) mass is 2100 g/mol. The third-order valence-corrected chi connectivity index (χ3v) is 20.1. The van der Waals surface area contributed by atoms with Crippen LogP contribution in [0.2, 0.25) is 0 Å². The zero-order chi connectivity index (χ0) is 112. The molecule has 4 aromatic carbocycles. The second kappa shape index (κ2) is 97.8. The molecule has 0 aliphatic carbocycles. The number of hydrogen-bond acceptors (Lipinski definition) is 37. The molecule has 0 unspecified atom stereocenters. The fraction of sp³-hybridized carbons (Fsp3) is 0.541. The number of methoxy groups -OCH3 is 7. The number of para-hydroxylation sites is 1. The van der Waals surface area contributed by atoms with Crippen LogP contribution in [0.1, 0.15) is 124 Å². The number of nitrogens with zero attached hydrogens (tertiary/aromatic N) is 5. The van der Waals surface area contributed by atoms with Crippen LogP contribution in [-0.4, -0.2) is 365 Å². The predicted octanol–water partition coefficient (Wildman–Crippen LogP) is 9.28. The lowest BCUT2D eigenvalue weighted by atomic mass is 9.87.